The monoisotopic (exact) mass is 414 g/mol. The Labute approximate surface area is 182 Å². The first kappa shape index (κ1) is 24.2. The van der Waals surface area contributed by atoms with E-state index in [1.165, 1.54) is 12.8 Å². The van der Waals surface area contributed by atoms with E-state index in [0.717, 1.165) is 17.7 Å². The number of carbonyl (C=O) groups excluding carboxylic acids is 1. The van der Waals surface area contributed by atoms with E-state index in [0.29, 0.717) is 31.0 Å². The minimum absolute atomic E-state index is 0.0813. The van der Waals surface area contributed by atoms with Crippen molar-refractivity contribution in [1.29, 1.82) is 0 Å². The number of ether oxygens (including phenoxy) is 3. The number of carbonyl (C=O) groups is 1. The van der Waals surface area contributed by atoms with Crippen LogP contribution in [0.25, 0.3) is 0 Å². The van der Waals surface area contributed by atoms with E-state index in [1.54, 1.807) is 13.2 Å². The Morgan fingerprint density at radius 1 is 1.00 bits per heavy atom. The summed E-state index contributed by atoms with van der Waals surface area (Å²) in [5.41, 5.74) is 1.06. The molecule has 0 amide bonds. The van der Waals surface area contributed by atoms with Gasteiger partial charge in [-0.05, 0) is 54.7 Å². The molecule has 30 heavy (non-hydrogen) atoms. The maximum atomic E-state index is 12.3. The van der Waals surface area contributed by atoms with Gasteiger partial charge in [-0.1, -0.05) is 58.1 Å². The third-order valence-corrected chi connectivity index (χ3v) is 5.68. The Hall–Kier alpha value is -2.07. The minimum atomic E-state index is -0.318. The number of hydrogen-bond acceptors (Lipinski definition) is 4. The van der Waals surface area contributed by atoms with Gasteiger partial charge in [-0.25, -0.2) is 4.79 Å². The molecule has 0 aromatic heterocycles. The van der Waals surface area contributed by atoms with Crippen molar-refractivity contribution in [1.82, 2.24) is 0 Å². The first-order chi connectivity index (χ1) is 14.4. The van der Waals surface area contributed by atoms with Gasteiger partial charge in [0.25, 0.3) is 0 Å². The molecule has 4 nitrogen and oxygen atoms in total. The van der Waals surface area contributed by atoms with E-state index in [1.807, 2.05) is 30.3 Å². The molecule has 1 aromatic carbocycles. The summed E-state index contributed by atoms with van der Waals surface area (Å²) in [5.74, 6) is 2.34. The second kappa shape index (κ2) is 12.6. The predicted octanol–water partition coefficient (Wildman–Crippen LogP) is 5.96. The van der Waals surface area contributed by atoms with E-state index < -0.39 is 0 Å². The van der Waals surface area contributed by atoms with Gasteiger partial charge in [0, 0.05) is 12.0 Å². The highest BCUT2D eigenvalue weighted by Gasteiger charge is 2.20. The van der Waals surface area contributed by atoms with Crippen molar-refractivity contribution in [2.75, 3.05) is 13.7 Å². The molecule has 5 atom stereocenters. The molecule has 1 aliphatic rings. The van der Waals surface area contributed by atoms with Crippen LogP contribution in [0.3, 0.4) is 0 Å². The van der Waals surface area contributed by atoms with Crippen LogP contribution in [-0.4, -0.2) is 25.8 Å². The lowest BCUT2D eigenvalue weighted by molar-refractivity contribution is -0.148. The average Bonchev–Trinajstić information content (AvgIpc) is 2.71. The van der Waals surface area contributed by atoms with Crippen molar-refractivity contribution in [2.45, 2.75) is 59.7 Å². The van der Waals surface area contributed by atoms with Gasteiger partial charge in [-0.15, -0.1) is 0 Å². The van der Waals surface area contributed by atoms with E-state index in [2.05, 4.69) is 39.8 Å². The molecule has 2 rings (SSSR count). The SMILES string of the molecule is COc1ccc(COC[C@@H]2OC(=O)/C=C\C[C@H](C)C[C@H](C)C[C@H](C)/C=C/[C@H]2C)cc1. The maximum absolute atomic E-state index is 12.3. The predicted molar refractivity (Wildman–Crippen MR) is 121 cm³/mol. The fraction of sp³-hybridized carbons (Fsp3) is 0.577. The summed E-state index contributed by atoms with van der Waals surface area (Å²) < 4.78 is 16.8. The molecule has 0 bridgehead atoms. The van der Waals surface area contributed by atoms with Crippen molar-refractivity contribution in [3.63, 3.8) is 0 Å². The van der Waals surface area contributed by atoms with E-state index in [9.17, 15) is 4.79 Å². The van der Waals surface area contributed by atoms with Gasteiger partial charge >= 0.3 is 5.97 Å². The van der Waals surface area contributed by atoms with Gasteiger partial charge in [0.1, 0.15) is 11.9 Å². The van der Waals surface area contributed by atoms with Gasteiger partial charge in [-0.2, -0.15) is 0 Å². The van der Waals surface area contributed by atoms with E-state index >= 15 is 0 Å². The molecular weight excluding hydrogens is 376 g/mol. The first-order valence-electron chi connectivity index (χ1n) is 11.1. The van der Waals surface area contributed by atoms with Crippen LogP contribution >= 0.6 is 0 Å². The van der Waals surface area contributed by atoms with Crippen LogP contribution in [0.2, 0.25) is 0 Å². The molecule has 0 unspecified atom stereocenters. The smallest absolute Gasteiger partial charge is 0.330 e. The normalized spacial score (nSPS) is 30.7. The fourth-order valence-electron chi connectivity index (χ4n) is 3.97. The summed E-state index contributed by atoms with van der Waals surface area (Å²) >= 11 is 0. The van der Waals surface area contributed by atoms with E-state index in [-0.39, 0.29) is 18.0 Å². The lowest BCUT2D eigenvalue weighted by Crippen LogP contribution is -2.29. The lowest BCUT2D eigenvalue weighted by Gasteiger charge is -2.23. The van der Waals surface area contributed by atoms with Crippen LogP contribution in [0.4, 0.5) is 0 Å². The van der Waals surface area contributed by atoms with Crippen LogP contribution in [0.1, 0.15) is 52.5 Å². The van der Waals surface area contributed by atoms with Crippen LogP contribution in [0.5, 0.6) is 5.75 Å². The van der Waals surface area contributed by atoms with Gasteiger partial charge in [0.2, 0.25) is 0 Å². The van der Waals surface area contributed by atoms with Crippen LogP contribution < -0.4 is 4.74 Å². The average molecular weight is 415 g/mol. The highest BCUT2D eigenvalue weighted by Crippen LogP contribution is 2.24. The molecular formula is C26H38O4. The lowest BCUT2D eigenvalue weighted by atomic mass is 9.87. The minimum Gasteiger partial charge on any atom is -0.497 e. The second-order valence-electron chi connectivity index (χ2n) is 8.88. The maximum Gasteiger partial charge on any atom is 0.330 e. The summed E-state index contributed by atoms with van der Waals surface area (Å²) in [6, 6.07) is 7.79. The zero-order chi connectivity index (χ0) is 21.9. The summed E-state index contributed by atoms with van der Waals surface area (Å²) in [6.45, 7) is 9.74. The zero-order valence-electron chi connectivity index (χ0n) is 19.2. The fourth-order valence-corrected chi connectivity index (χ4v) is 3.97. The molecule has 0 saturated heterocycles. The molecule has 0 radical (unpaired) electrons. The summed E-state index contributed by atoms with van der Waals surface area (Å²) in [6.07, 6.45) is 10.9. The number of allylic oxidation sites excluding steroid dienone is 2. The molecule has 1 heterocycles. The molecule has 0 spiro atoms. The molecule has 0 saturated carbocycles. The first-order valence-corrected chi connectivity index (χ1v) is 11.1. The molecule has 0 N–H and O–H groups in total. The Morgan fingerprint density at radius 2 is 1.73 bits per heavy atom. The van der Waals surface area contributed by atoms with Gasteiger partial charge in [0.15, 0.2) is 0 Å². The summed E-state index contributed by atoms with van der Waals surface area (Å²) in [4.78, 5) is 12.3. The summed E-state index contributed by atoms with van der Waals surface area (Å²) in [7, 11) is 1.65. The number of benzene rings is 1. The van der Waals surface area contributed by atoms with Crippen molar-refractivity contribution in [3.05, 3.63) is 54.1 Å². The number of rotatable bonds is 5. The zero-order valence-corrected chi connectivity index (χ0v) is 19.2. The highest BCUT2D eigenvalue weighted by molar-refractivity contribution is 5.82. The molecule has 1 aromatic rings. The van der Waals surface area contributed by atoms with Crippen molar-refractivity contribution >= 4 is 5.97 Å². The Kier molecular flexibility index (Phi) is 10.2. The third-order valence-electron chi connectivity index (χ3n) is 5.68. The number of methoxy groups -OCH3 is 1. The standard InChI is InChI=1S/C26H38O4/c1-19-7-6-8-26(27)30-25(22(4)10-9-20(2)16-21(3)15-19)18-29-17-23-11-13-24(28-5)14-12-23/h6,8-14,19-22,25H,7,15-18H2,1-5H3/b8-6-,10-9+/t19-,20+,21-,22+,25-/m0/s1. The highest BCUT2D eigenvalue weighted by atomic mass is 16.6. The number of hydrogen-bond donors (Lipinski definition) is 0. The molecule has 0 aliphatic carbocycles. The Bertz CT molecular complexity index is 691. The third kappa shape index (κ3) is 8.74. The van der Waals surface area contributed by atoms with Gasteiger partial charge < -0.3 is 14.2 Å². The molecule has 1 aliphatic heterocycles. The molecule has 0 fully saturated rings. The van der Waals surface area contributed by atoms with Crippen LogP contribution in [-0.2, 0) is 20.9 Å². The summed E-state index contributed by atoms with van der Waals surface area (Å²) in [5, 5.41) is 0. The van der Waals surface area contributed by atoms with Crippen LogP contribution in [0, 0.1) is 23.7 Å². The Morgan fingerprint density at radius 3 is 2.43 bits per heavy atom. The number of cyclic esters (lactones) is 1. The molecule has 4 heteroatoms. The van der Waals surface area contributed by atoms with E-state index in [4.69, 9.17) is 14.2 Å². The van der Waals surface area contributed by atoms with Gasteiger partial charge in [-0.3, -0.25) is 0 Å². The second-order valence-corrected chi connectivity index (χ2v) is 8.88. The van der Waals surface area contributed by atoms with Crippen molar-refractivity contribution < 1.29 is 19.0 Å². The van der Waals surface area contributed by atoms with Crippen LogP contribution in [0.15, 0.2) is 48.6 Å². The molecule has 166 valence electrons. The topological polar surface area (TPSA) is 44.8 Å². The quantitative estimate of drug-likeness (QED) is 0.440. The van der Waals surface area contributed by atoms with Crippen molar-refractivity contribution in [3.8, 4) is 5.75 Å². The number of esters is 1. The van der Waals surface area contributed by atoms with Crippen molar-refractivity contribution in [2.24, 2.45) is 23.7 Å². The largest absolute Gasteiger partial charge is 0.497 e. The van der Waals surface area contributed by atoms with Gasteiger partial charge in [0.05, 0.1) is 20.3 Å². The Balaban J connectivity index is 2.01.